The molecule has 0 heterocycles. The van der Waals surface area contributed by atoms with Gasteiger partial charge in [0, 0.05) is 38.3 Å². The van der Waals surface area contributed by atoms with Crippen LogP contribution in [-0.4, -0.2) is 44.9 Å². The molecule has 3 nitrogen and oxygen atoms in total. The van der Waals surface area contributed by atoms with Crippen LogP contribution in [0.1, 0.15) is 19.3 Å². The molecule has 0 spiro atoms. The van der Waals surface area contributed by atoms with E-state index in [9.17, 15) is 0 Å². The monoisotopic (exact) mass is 221 g/mol. The Bertz CT molecular complexity index is 151. The van der Waals surface area contributed by atoms with Gasteiger partial charge in [-0.1, -0.05) is 0 Å². The molecule has 84 valence electrons. The van der Waals surface area contributed by atoms with E-state index in [-0.39, 0.29) is 5.54 Å². The van der Waals surface area contributed by atoms with Crippen molar-refractivity contribution in [1.29, 1.82) is 0 Å². The Hall–Kier alpha value is 0.170. The molecule has 0 aromatic rings. The maximum absolute atomic E-state index is 5.82. The standard InChI is InChI=1S/C10H20ClNO2/c1-13-6-2-7-14-8-5-12-10(9-11)3-4-10/h12H,2-9H2,1H3. The first-order valence-electron chi connectivity index (χ1n) is 5.21. The molecule has 0 aromatic heterocycles. The molecule has 0 aliphatic heterocycles. The molecular weight excluding hydrogens is 202 g/mol. The summed E-state index contributed by atoms with van der Waals surface area (Å²) in [4.78, 5) is 0. The van der Waals surface area contributed by atoms with Crippen LogP contribution in [0.25, 0.3) is 0 Å². The Labute approximate surface area is 91.1 Å². The van der Waals surface area contributed by atoms with E-state index in [4.69, 9.17) is 21.1 Å². The van der Waals surface area contributed by atoms with Crippen LogP contribution in [0, 0.1) is 0 Å². The Balaban J connectivity index is 1.80. The minimum atomic E-state index is 0.247. The number of alkyl halides is 1. The van der Waals surface area contributed by atoms with Crippen LogP contribution in [0.3, 0.4) is 0 Å². The minimum Gasteiger partial charge on any atom is -0.385 e. The van der Waals surface area contributed by atoms with E-state index in [1.54, 1.807) is 7.11 Å². The van der Waals surface area contributed by atoms with Crippen LogP contribution in [0.5, 0.6) is 0 Å². The first-order valence-corrected chi connectivity index (χ1v) is 5.74. The van der Waals surface area contributed by atoms with Crippen molar-refractivity contribution >= 4 is 11.6 Å². The van der Waals surface area contributed by atoms with Crippen molar-refractivity contribution in [1.82, 2.24) is 5.32 Å². The highest BCUT2D eigenvalue weighted by Gasteiger charge is 2.40. The maximum atomic E-state index is 5.82. The molecule has 1 aliphatic carbocycles. The summed E-state index contributed by atoms with van der Waals surface area (Å²) >= 11 is 5.82. The lowest BCUT2D eigenvalue weighted by Gasteiger charge is -2.13. The Morgan fingerprint density at radius 2 is 2.07 bits per heavy atom. The highest BCUT2D eigenvalue weighted by molar-refractivity contribution is 6.18. The highest BCUT2D eigenvalue weighted by Crippen LogP contribution is 2.35. The van der Waals surface area contributed by atoms with Crippen LogP contribution in [-0.2, 0) is 9.47 Å². The van der Waals surface area contributed by atoms with Crippen LogP contribution in [0.15, 0.2) is 0 Å². The molecule has 0 amide bonds. The largest absolute Gasteiger partial charge is 0.385 e. The molecule has 14 heavy (non-hydrogen) atoms. The number of halogens is 1. The minimum absolute atomic E-state index is 0.247. The van der Waals surface area contributed by atoms with Gasteiger partial charge in [0.1, 0.15) is 0 Å². The van der Waals surface area contributed by atoms with Crippen molar-refractivity contribution in [2.45, 2.75) is 24.8 Å². The van der Waals surface area contributed by atoms with Crippen LogP contribution in [0.4, 0.5) is 0 Å². The predicted octanol–water partition coefficient (Wildman–Crippen LogP) is 1.40. The molecule has 1 rings (SSSR count). The van der Waals surface area contributed by atoms with E-state index in [0.29, 0.717) is 0 Å². The van der Waals surface area contributed by atoms with Gasteiger partial charge >= 0.3 is 0 Å². The Kier molecular flexibility index (Phi) is 5.78. The van der Waals surface area contributed by atoms with Gasteiger partial charge in [-0.3, -0.25) is 0 Å². The quantitative estimate of drug-likeness (QED) is 0.472. The third kappa shape index (κ3) is 4.60. The zero-order valence-corrected chi connectivity index (χ0v) is 9.61. The number of nitrogens with one attached hydrogen (secondary N) is 1. The molecule has 1 fully saturated rings. The molecule has 1 saturated carbocycles. The molecule has 1 N–H and O–H groups in total. The molecule has 0 radical (unpaired) electrons. The average Bonchev–Trinajstić information content (AvgIpc) is 2.98. The first kappa shape index (κ1) is 12.2. The summed E-state index contributed by atoms with van der Waals surface area (Å²) in [7, 11) is 1.71. The maximum Gasteiger partial charge on any atom is 0.0591 e. The molecular formula is C10H20ClNO2. The van der Waals surface area contributed by atoms with Crippen molar-refractivity contribution < 1.29 is 9.47 Å². The van der Waals surface area contributed by atoms with E-state index in [1.807, 2.05) is 0 Å². The van der Waals surface area contributed by atoms with Crippen molar-refractivity contribution in [2.24, 2.45) is 0 Å². The number of methoxy groups -OCH3 is 1. The topological polar surface area (TPSA) is 30.5 Å². The number of hydrogen-bond acceptors (Lipinski definition) is 3. The van der Waals surface area contributed by atoms with Crippen LogP contribution < -0.4 is 5.32 Å². The Morgan fingerprint density at radius 1 is 1.29 bits per heavy atom. The van der Waals surface area contributed by atoms with E-state index in [2.05, 4.69) is 5.32 Å². The second-order valence-corrected chi connectivity index (χ2v) is 4.07. The molecule has 4 heteroatoms. The fourth-order valence-electron chi connectivity index (χ4n) is 1.30. The van der Waals surface area contributed by atoms with Gasteiger partial charge in [-0.15, -0.1) is 11.6 Å². The van der Waals surface area contributed by atoms with Gasteiger partial charge in [0.05, 0.1) is 6.61 Å². The van der Waals surface area contributed by atoms with E-state index in [0.717, 1.165) is 38.7 Å². The lowest BCUT2D eigenvalue weighted by molar-refractivity contribution is 0.103. The molecule has 1 aliphatic rings. The lowest BCUT2D eigenvalue weighted by Crippen LogP contribution is -2.35. The van der Waals surface area contributed by atoms with Gasteiger partial charge in [-0.25, -0.2) is 0 Å². The molecule has 0 bridgehead atoms. The summed E-state index contributed by atoms with van der Waals surface area (Å²) in [5.74, 6) is 0.719. The molecule has 0 saturated heterocycles. The highest BCUT2D eigenvalue weighted by atomic mass is 35.5. The zero-order valence-electron chi connectivity index (χ0n) is 8.85. The average molecular weight is 222 g/mol. The van der Waals surface area contributed by atoms with Crippen molar-refractivity contribution in [3.05, 3.63) is 0 Å². The molecule has 0 atom stereocenters. The van der Waals surface area contributed by atoms with Gasteiger partial charge in [-0.2, -0.15) is 0 Å². The van der Waals surface area contributed by atoms with E-state index >= 15 is 0 Å². The molecule has 0 unspecified atom stereocenters. The number of rotatable bonds is 9. The summed E-state index contributed by atoms with van der Waals surface area (Å²) < 4.78 is 10.3. The summed E-state index contributed by atoms with van der Waals surface area (Å²) in [5, 5.41) is 3.42. The summed E-state index contributed by atoms with van der Waals surface area (Å²) in [6, 6.07) is 0. The summed E-state index contributed by atoms with van der Waals surface area (Å²) in [6.45, 7) is 3.23. The van der Waals surface area contributed by atoms with Crippen LogP contribution in [0.2, 0.25) is 0 Å². The normalized spacial score (nSPS) is 18.4. The third-order valence-electron chi connectivity index (χ3n) is 2.49. The first-order chi connectivity index (χ1) is 6.83. The number of ether oxygens (including phenoxy) is 2. The Morgan fingerprint density at radius 3 is 2.64 bits per heavy atom. The van der Waals surface area contributed by atoms with Gasteiger partial charge in [0.2, 0.25) is 0 Å². The van der Waals surface area contributed by atoms with Crippen molar-refractivity contribution in [3.8, 4) is 0 Å². The second kappa shape index (κ2) is 6.62. The third-order valence-corrected chi connectivity index (χ3v) is 3.00. The fourth-order valence-corrected chi connectivity index (χ4v) is 1.67. The van der Waals surface area contributed by atoms with Crippen LogP contribution >= 0.6 is 11.6 Å². The SMILES string of the molecule is COCCCOCCNC1(CCl)CC1. The number of hydrogen-bond donors (Lipinski definition) is 1. The van der Waals surface area contributed by atoms with Gasteiger partial charge in [0.25, 0.3) is 0 Å². The van der Waals surface area contributed by atoms with Gasteiger partial charge < -0.3 is 14.8 Å². The van der Waals surface area contributed by atoms with E-state index in [1.165, 1.54) is 12.8 Å². The predicted molar refractivity (Wildman–Crippen MR) is 58.0 cm³/mol. The lowest BCUT2D eigenvalue weighted by atomic mass is 10.3. The summed E-state index contributed by atoms with van der Waals surface area (Å²) in [6.07, 6.45) is 3.39. The molecule has 0 aromatic carbocycles. The fraction of sp³-hybridized carbons (Fsp3) is 1.00. The second-order valence-electron chi connectivity index (χ2n) is 3.80. The van der Waals surface area contributed by atoms with Crippen molar-refractivity contribution in [3.63, 3.8) is 0 Å². The zero-order chi connectivity index (χ0) is 10.3. The summed E-state index contributed by atoms with van der Waals surface area (Å²) in [5.41, 5.74) is 0.247. The van der Waals surface area contributed by atoms with Gasteiger partial charge in [0.15, 0.2) is 0 Å². The van der Waals surface area contributed by atoms with Crippen molar-refractivity contribution in [2.75, 3.05) is 39.4 Å². The van der Waals surface area contributed by atoms with E-state index < -0.39 is 0 Å². The smallest absolute Gasteiger partial charge is 0.0591 e. The van der Waals surface area contributed by atoms with Gasteiger partial charge in [-0.05, 0) is 19.3 Å².